The number of nitrogens with one attached hydrogen (secondary N) is 2. The minimum absolute atomic E-state index is 0.0241. The molecule has 0 radical (unpaired) electrons. The van der Waals surface area contributed by atoms with Gasteiger partial charge in [-0.15, -0.1) is 0 Å². The molecule has 2 amide bonds. The van der Waals surface area contributed by atoms with E-state index in [1.807, 2.05) is 50.9 Å². The van der Waals surface area contributed by atoms with E-state index in [0.29, 0.717) is 25.0 Å². The number of methoxy groups -OCH3 is 2. The summed E-state index contributed by atoms with van der Waals surface area (Å²) >= 11 is 0. The van der Waals surface area contributed by atoms with Gasteiger partial charge in [-0.05, 0) is 69.7 Å². The number of hydrogen-bond acceptors (Lipinski definition) is 14. The van der Waals surface area contributed by atoms with Crippen molar-refractivity contribution in [2.24, 2.45) is 5.41 Å². The number of aliphatic hydroxyl groups is 3. The highest BCUT2D eigenvalue weighted by Gasteiger charge is 2.78. The maximum Gasteiger partial charge on any atom is 0.328 e. The van der Waals surface area contributed by atoms with Gasteiger partial charge >= 0.3 is 11.9 Å². The Bertz CT molecular complexity index is 1650. The number of anilines is 1. The Morgan fingerprint density at radius 2 is 1.82 bits per heavy atom. The van der Waals surface area contributed by atoms with E-state index in [0.717, 1.165) is 29.9 Å². The molecule has 1 saturated carbocycles. The zero-order chi connectivity index (χ0) is 41.7. The average molecular weight is 803 g/mol. The number of fused-ring (bicyclic) bond motifs is 1. The molecule has 0 aromatic heterocycles. The van der Waals surface area contributed by atoms with Gasteiger partial charge in [0.05, 0.1) is 32.5 Å². The molecular formula is C41H62N4O12. The summed E-state index contributed by atoms with van der Waals surface area (Å²) in [6.45, 7) is 8.44. The van der Waals surface area contributed by atoms with Crippen LogP contribution in [0.25, 0.3) is 0 Å². The number of amides is 2. The summed E-state index contributed by atoms with van der Waals surface area (Å²) in [5.74, 6) is -1.65. The fourth-order valence-corrected chi connectivity index (χ4v) is 9.80. The van der Waals surface area contributed by atoms with Crippen molar-refractivity contribution in [1.29, 1.82) is 0 Å². The van der Waals surface area contributed by atoms with Crippen LogP contribution in [-0.2, 0) is 43.5 Å². The highest BCUT2D eigenvalue weighted by Crippen LogP contribution is 2.66. The Hall–Kier alpha value is -3.80. The van der Waals surface area contributed by atoms with Gasteiger partial charge in [0.2, 0.25) is 5.91 Å². The van der Waals surface area contributed by atoms with Gasteiger partial charge in [-0.1, -0.05) is 26.0 Å². The SMILES string of the molecule is CCC(CO)OC(COC(=O)CCCC(=O)N[C@H](C)C(=O)OCCCNC(=O)[C@]1(O)C2N(C)c3cc(OC)c(C)cc3C23CCN2CC=C[C@](CC)(C23)[C@H]1O)OC. The normalized spacial score (nSPS) is 28.7. The predicted octanol–water partition coefficient (Wildman–Crippen LogP) is 1.23. The van der Waals surface area contributed by atoms with Crippen molar-refractivity contribution in [3.05, 3.63) is 35.4 Å². The number of benzene rings is 1. The highest BCUT2D eigenvalue weighted by molar-refractivity contribution is 5.90. The van der Waals surface area contributed by atoms with E-state index < -0.39 is 70.8 Å². The predicted molar refractivity (Wildman–Crippen MR) is 208 cm³/mol. The van der Waals surface area contributed by atoms with E-state index in [1.165, 1.54) is 14.0 Å². The molecule has 1 aromatic rings. The highest BCUT2D eigenvalue weighted by atomic mass is 16.7. The number of likely N-dealkylation sites (N-methyl/N-ethyl adjacent to an activating group) is 1. The van der Waals surface area contributed by atoms with Crippen LogP contribution in [0.2, 0.25) is 0 Å². The quantitative estimate of drug-likeness (QED) is 0.0545. The van der Waals surface area contributed by atoms with E-state index in [1.54, 1.807) is 7.11 Å². The van der Waals surface area contributed by atoms with E-state index in [9.17, 15) is 34.5 Å². The van der Waals surface area contributed by atoms with Crippen LogP contribution in [0.3, 0.4) is 0 Å². The molecule has 16 nitrogen and oxygen atoms in total. The topological polar surface area (TPSA) is 206 Å². The Kier molecular flexibility index (Phi) is 14.3. The van der Waals surface area contributed by atoms with Gasteiger partial charge < -0.3 is 54.5 Å². The minimum atomic E-state index is -2.20. The first kappa shape index (κ1) is 44.3. The number of ether oxygens (including phenoxy) is 5. The molecule has 1 spiro atoms. The summed E-state index contributed by atoms with van der Waals surface area (Å²) in [5, 5.41) is 39.8. The molecule has 9 atom stereocenters. The van der Waals surface area contributed by atoms with Gasteiger partial charge in [0.1, 0.15) is 24.5 Å². The molecule has 5 unspecified atom stereocenters. The second-order valence-corrected chi connectivity index (χ2v) is 15.8. The van der Waals surface area contributed by atoms with Gasteiger partial charge in [-0.2, -0.15) is 0 Å². The van der Waals surface area contributed by atoms with Crippen LogP contribution < -0.4 is 20.3 Å². The van der Waals surface area contributed by atoms with E-state index in [4.69, 9.17) is 23.7 Å². The lowest BCUT2D eigenvalue weighted by molar-refractivity contribution is -0.203. The van der Waals surface area contributed by atoms with Crippen LogP contribution in [0, 0.1) is 12.3 Å². The molecule has 16 heteroatoms. The van der Waals surface area contributed by atoms with Crippen LogP contribution in [-0.4, -0.2) is 147 Å². The van der Waals surface area contributed by atoms with E-state index in [-0.39, 0.29) is 58.1 Å². The molecular weight excluding hydrogens is 740 g/mol. The summed E-state index contributed by atoms with van der Waals surface area (Å²) in [6.07, 6.45) is 3.48. The number of nitrogens with zero attached hydrogens (tertiary/aromatic N) is 2. The Balaban J connectivity index is 1.13. The van der Waals surface area contributed by atoms with Crippen molar-refractivity contribution in [3.63, 3.8) is 0 Å². The van der Waals surface area contributed by atoms with Crippen molar-refractivity contribution in [3.8, 4) is 5.75 Å². The lowest BCUT2D eigenvalue weighted by Gasteiger charge is -2.63. The maximum absolute atomic E-state index is 14.3. The monoisotopic (exact) mass is 802 g/mol. The lowest BCUT2D eigenvalue weighted by atomic mass is 9.47. The largest absolute Gasteiger partial charge is 0.496 e. The Morgan fingerprint density at radius 3 is 2.49 bits per heavy atom. The number of aliphatic hydroxyl groups excluding tert-OH is 2. The zero-order valence-electron chi connectivity index (χ0n) is 34.4. The van der Waals surface area contributed by atoms with Crippen molar-refractivity contribution in [1.82, 2.24) is 15.5 Å². The number of aryl methyl sites for hydroxylation is 1. The fraction of sp³-hybridized carbons (Fsp3) is 0.707. The molecule has 1 saturated heterocycles. The van der Waals surface area contributed by atoms with E-state index >= 15 is 0 Å². The van der Waals surface area contributed by atoms with Gasteiger partial charge in [0.25, 0.3) is 5.91 Å². The molecule has 3 aliphatic heterocycles. The maximum atomic E-state index is 14.3. The first-order valence-corrected chi connectivity index (χ1v) is 20.1. The third-order valence-corrected chi connectivity index (χ3v) is 12.5. The van der Waals surface area contributed by atoms with Crippen molar-refractivity contribution < 1.29 is 58.2 Å². The summed E-state index contributed by atoms with van der Waals surface area (Å²) in [6, 6.07) is 2.21. The number of hydrogen-bond donors (Lipinski definition) is 5. The van der Waals surface area contributed by atoms with Crippen LogP contribution in [0.4, 0.5) is 5.69 Å². The van der Waals surface area contributed by atoms with Crippen LogP contribution in [0.15, 0.2) is 24.3 Å². The summed E-state index contributed by atoms with van der Waals surface area (Å²) in [7, 11) is 4.88. The first-order valence-electron chi connectivity index (χ1n) is 20.1. The summed E-state index contributed by atoms with van der Waals surface area (Å²) < 4.78 is 26.8. The molecule has 1 aromatic carbocycles. The third kappa shape index (κ3) is 8.13. The molecule has 4 aliphatic rings. The summed E-state index contributed by atoms with van der Waals surface area (Å²) in [5.41, 5.74) is -0.890. The second-order valence-electron chi connectivity index (χ2n) is 15.8. The Morgan fingerprint density at radius 1 is 1.07 bits per heavy atom. The molecule has 2 fully saturated rings. The molecule has 5 N–H and O–H groups in total. The van der Waals surface area contributed by atoms with Crippen LogP contribution in [0.5, 0.6) is 5.75 Å². The summed E-state index contributed by atoms with van der Waals surface area (Å²) in [4.78, 5) is 55.9. The molecule has 57 heavy (non-hydrogen) atoms. The van der Waals surface area contributed by atoms with Crippen LogP contribution >= 0.6 is 0 Å². The number of esters is 2. The Labute approximate surface area is 335 Å². The molecule has 0 bridgehead atoms. The van der Waals surface area contributed by atoms with Gasteiger partial charge in [-0.3, -0.25) is 19.3 Å². The fourth-order valence-electron chi connectivity index (χ4n) is 9.80. The molecule has 5 rings (SSSR count). The standard InChI is InChI=1S/C41H62N4O12/c1-8-27(23-46)57-33(54-7)24-56-32(48)14-10-13-31(47)43-26(4)34(49)55-20-12-17-42-38(51)41(52)36-40(28-21-25(3)30(53-6)22-29(28)44(36)5)16-19-45-18-11-15-39(9-2,35(40)45)37(41)50/h11,15,21-22,26-27,33,35-37,46,50,52H,8-10,12-14,16-20,23-24H2,1-7H3,(H,42,51)(H,43,47)/t26-,27?,33?,35?,36?,37-,39-,40?,41+/m1/s1. The van der Waals surface area contributed by atoms with Crippen molar-refractivity contribution in [2.45, 2.75) is 120 Å². The van der Waals surface area contributed by atoms with Gasteiger partial charge in [-0.25, -0.2) is 4.79 Å². The minimum Gasteiger partial charge on any atom is -0.496 e. The van der Waals surface area contributed by atoms with Crippen molar-refractivity contribution >= 4 is 29.4 Å². The van der Waals surface area contributed by atoms with Gasteiger partial charge in [0.15, 0.2) is 11.9 Å². The van der Waals surface area contributed by atoms with Gasteiger partial charge in [0, 0.05) is 68.7 Å². The first-order chi connectivity index (χ1) is 27.2. The number of carbonyl (C=O) groups is 4. The molecule has 318 valence electrons. The van der Waals surface area contributed by atoms with E-state index in [2.05, 4.69) is 21.6 Å². The number of carbonyl (C=O) groups excluding carboxylic acids is 4. The lowest BCUT2D eigenvalue weighted by Crippen LogP contribution is -2.81. The van der Waals surface area contributed by atoms with Crippen LogP contribution in [0.1, 0.15) is 76.8 Å². The third-order valence-electron chi connectivity index (χ3n) is 12.5. The zero-order valence-corrected chi connectivity index (χ0v) is 34.4. The van der Waals surface area contributed by atoms with Crippen molar-refractivity contribution in [2.75, 3.05) is 65.6 Å². The average Bonchev–Trinajstić information content (AvgIpc) is 3.71. The number of rotatable bonds is 20. The molecule has 3 heterocycles. The second kappa shape index (κ2) is 18.4. The molecule has 1 aliphatic carbocycles. The smallest absolute Gasteiger partial charge is 0.328 e.